The number of fused-ring (bicyclic) bond motifs is 6. The van der Waals surface area contributed by atoms with Gasteiger partial charge in [0.05, 0.1) is 92.6 Å². The molecule has 0 saturated carbocycles. The lowest BCUT2D eigenvalue weighted by atomic mass is 9.94. The normalized spacial score (nSPS) is 11.7. The van der Waals surface area contributed by atoms with Crippen LogP contribution < -0.4 is 0 Å². The van der Waals surface area contributed by atoms with Crippen LogP contribution >= 0.6 is 0 Å². The predicted molar refractivity (Wildman–Crippen MR) is 197 cm³/mol. The highest BCUT2D eigenvalue weighted by Gasteiger charge is 2.39. The number of aromatic nitrogens is 2. The summed E-state index contributed by atoms with van der Waals surface area (Å²) in [5.74, 6) is 0. The summed E-state index contributed by atoms with van der Waals surface area (Å²) in [5.41, 5.74) is -0.818. The number of alkyl halides is 6. The molecule has 2 aromatic heterocycles. The first kappa shape index (κ1) is 35.0. The molecule has 0 fully saturated rings. The highest BCUT2D eigenvalue weighted by Crippen LogP contribution is 2.47. The Kier molecular flexibility index (Phi) is 7.83. The van der Waals surface area contributed by atoms with Gasteiger partial charge in [0.25, 0.3) is 0 Å². The van der Waals surface area contributed by atoms with Crippen molar-refractivity contribution in [2.45, 2.75) is 12.4 Å². The van der Waals surface area contributed by atoms with Crippen LogP contribution in [-0.4, -0.2) is 9.13 Å². The number of halogens is 6. The van der Waals surface area contributed by atoms with Gasteiger partial charge in [0.15, 0.2) is 11.4 Å². The molecule has 0 amide bonds. The van der Waals surface area contributed by atoms with E-state index in [0.717, 1.165) is 0 Å². The van der Waals surface area contributed by atoms with Gasteiger partial charge in [-0.25, -0.2) is 9.69 Å². The molecular formula is C43H17F6N7. The Morgan fingerprint density at radius 3 is 1.38 bits per heavy atom. The van der Waals surface area contributed by atoms with Gasteiger partial charge < -0.3 is 9.13 Å². The third-order valence-electron chi connectivity index (χ3n) is 9.67. The highest BCUT2D eigenvalue weighted by molar-refractivity contribution is 6.13. The van der Waals surface area contributed by atoms with E-state index < -0.39 is 29.0 Å². The van der Waals surface area contributed by atoms with E-state index in [2.05, 4.69) is 27.9 Å². The van der Waals surface area contributed by atoms with Crippen LogP contribution in [-0.2, 0) is 12.4 Å². The topological polar surface area (TPSA) is 89.9 Å². The molecule has 0 radical (unpaired) electrons. The smallest absolute Gasteiger partial charge is 0.309 e. The Balaban J connectivity index is 1.59. The number of nitrogens with zero attached hydrogens (tertiary/aromatic N) is 7. The van der Waals surface area contributed by atoms with E-state index in [1.165, 1.54) is 12.1 Å². The number of hydrogen-bond acceptors (Lipinski definition) is 3. The van der Waals surface area contributed by atoms with Crippen LogP contribution in [0.2, 0.25) is 0 Å². The largest absolute Gasteiger partial charge is 0.416 e. The summed E-state index contributed by atoms with van der Waals surface area (Å²) >= 11 is 0. The van der Waals surface area contributed by atoms with Crippen molar-refractivity contribution in [2.24, 2.45) is 0 Å². The summed E-state index contributed by atoms with van der Waals surface area (Å²) in [6, 6.07) is 29.6. The Morgan fingerprint density at radius 1 is 0.482 bits per heavy atom. The van der Waals surface area contributed by atoms with Crippen LogP contribution in [0.15, 0.2) is 103 Å². The maximum Gasteiger partial charge on any atom is 0.416 e. The second-order valence-corrected chi connectivity index (χ2v) is 12.7. The highest BCUT2D eigenvalue weighted by atomic mass is 19.4. The van der Waals surface area contributed by atoms with Gasteiger partial charge in [-0.05, 0) is 108 Å². The molecule has 0 bridgehead atoms. The van der Waals surface area contributed by atoms with Crippen LogP contribution in [0, 0.1) is 47.1 Å². The lowest BCUT2D eigenvalue weighted by molar-refractivity contribution is -0.142. The van der Waals surface area contributed by atoms with Gasteiger partial charge in [-0.1, -0.05) is 12.1 Å². The third-order valence-corrected chi connectivity index (χ3v) is 9.67. The second kappa shape index (κ2) is 12.5. The predicted octanol–water partition coefficient (Wildman–Crippen LogP) is 12.3. The molecular weight excluding hydrogens is 729 g/mol. The van der Waals surface area contributed by atoms with Crippen LogP contribution in [0.25, 0.3) is 75.8 Å². The van der Waals surface area contributed by atoms with Gasteiger partial charge in [0.1, 0.15) is 0 Å². The van der Waals surface area contributed by atoms with Gasteiger partial charge in [-0.3, -0.25) is 0 Å². The fourth-order valence-corrected chi connectivity index (χ4v) is 7.25. The molecule has 0 saturated heterocycles. The zero-order valence-electron chi connectivity index (χ0n) is 28.2. The maximum atomic E-state index is 14.7. The monoisotopic (exact) mass is 745 g/mol. The molecule has 2 heterocycles. The van der Waals surface area contributed by atoms with E-state index in [1.807, 2.05) is 0 Å². The number of hydrogen-bond donors (Lipinski definition) is 0. The van der Waals surface area contributed by atoms with Gasteiger partial charge in [-0.2, -0.15) is 42.1 Å². The average Bonchev–Trinajstić information content (AvgIpc) is 3.70. The molecule has 0 spiro atoms. The minimum atomic E-state index is -5.26. The van der Waals surface area contributed by atoms with Gasteiger partial charge in [-0.15, -0.1) is 0 Å². The van der Waals surface area contributed by atoms with Crippen LogP contribution in [0.3, 0.4) is 0 Å². The van der Waals surface area contributed by atoms with E-state index in [4.69, 9.17) is 13.1 Å². The lowest BCUT2D eigenvalue weighted by Gasteiger charge is -2.21. The molecule has 6 aromatic carbocycles. The Labute approximate surface area is 312 Å². The third kappa shape index (κ3) is 5.41. The minimum Gasteiger partial charge on any atom is -0.309 e. The van der Waals surface area contributed by atoms with Crippen molar-refractivity contribution in [3.05, 3.63) is 154 Å². The summed E-state index contributed by atoms with van der Waals surface area (Å²) < 4.78 is 88.8. The maximum absolute atomic E-state index is 14.7. The molecule has 0 unspecified atom stereocenters. The van der Waals surface area contributed by atoms with E-state index >= 15 is 0 Å². The number of nitriles is 3. The summed E-state index contributed by atoms with van der Waals surface area (Å²) in [5, 5.41) is 31.5. The quantitative estimate of drug-likeness (QED) is 0.133. The zero-order valence-corrected chi connectivity index (χ0v) is 28.2. The van der Waals surface area contributed by atoms with Crippen molar-refractivity contribution in [1.82, 2.24) is 9.13 Å². The second-order valence-electron chi connectivity index (χ2n) is 12.7. The molecule has 266 valence electrons. The van der Waals surface area contributed by atoms with E-state index in [1.54, 1.807) is 81.9 Å². The fraction of sp³-hybridized carbons (Fsp3) is 0.0465. The molecule has 56 heavy (non-hydrogen) atoms. The summed E-state index contributed by atoms with van der Waals surface area (Å²) in [6.45, 7) is 15.8. The van der Waals surface area contributed by atoms with Crippen molar-refractivity contribution < 1.29 is 26.3 Å². The SMILES string of the molecule is [C-]#[N+]c1ccc2c(c1)c1cc(C#N)ccc1n2-c1cc([N+]#[C-])c(-c2ccc(C(F)(F)F)cc2C(F)(F)F)cc1-n1c2ccc(C#N)cc2c2cc(C#N)ccc21. The molecule has 13 heteroatoms. The fourth-order valence-electron chi connectivity index (χ4n) is 7.25. The van der Waals surface area contributed by atoms with E-state index in [9.17, 15) is 42.1 Å². The Hall–Kier alpha value is -8.05. The molecule has 7 nitrogen and oxygen atoms in total. The van der Waals surface area contributed by atoms with Crippen molar-refractivity contribution in [3.8, 4) is 40.7 Å². The van der Waals surface area contributed by atoms with Crippen molar-refractivity contribution in [2.75, 3.05) is 0 Å². The number of benzene rings is 6. The van der Waals surface area contributed by atoms with Crippen molar-refractivity contribution >= 4 is 55.0 Å². The molecule has 0 aliphatic carbocycles. The van der Waals surface area contributed by atoms with Gasteiger partial charge in [0.2, 0.25) is 0 Å². The molecule has 8 aromatic rings. The van der Waals surface area contributed by atoms with Crippen LogP contribution in [0.5, 0.6) is 0 Å². The van der Waals surface area contributed by atoms with Gasteiger partial charge in [0, 0.05) is 16.2 Å². The van der Waals surface area contributed by atoms with Crippen LogP contribution in [0.1, 0.15) is 27.8 Å². The Morgan fingerprint density at radius 2 is 0.946 bits per heavy atom. The standard InChI is InChI=1S/C43H17F6N7/c1-53-27-7-12-39-33(17-27)32-15-25(22-52)5-11-38(32)56(39)41-19-35(54-2)29(28-8-6-26(42(44,45)46)16-34(28)43(47,48)49)18-40(41)55-36-9-3-23(20-50)13-30(36)31-14-24(21-51)4-10-37(31)55/h3-19H. The summed E-state index contributed by atoms with van der Waals surface area (Å²) in [7, 11) is 0. The summed E-state index contributed by atoms with van der Waals surface area (Å²) in [6.07, 6.45) is -10.3. The average molecular weight is 746 g/mol. The first-order valence-corrected chi connectivity index (χ1v) is 16.4. The number of rotatable bonds is 3. The Bertz CT molecular complexity index is 3100. The molecule has 8 rings (SSSR count). The first-order valence-electron chi connectivity index (χ1n) is 16.4. The van der Waals surface area contributed by atoms with E-state index in [0.29, 0.717) is 67.0 Å². The first-order chi connectivity index (χ1) is 26.8. The van der Waals surface area contributed by atoms with Crippen molar-refractivity contribution in [3.63, 3.8) is 0 Å². The minimum absolute atomic E-state index is 0.0264. The van der Waals surface area contributed by atoms with Gasteiger partial charge >= 0.3 is 12.4 Å². The molecule has 0 aliphatic heterocycles. The zero-order chi connectivity index (χ0) is 39.7. The molecule has 0 N–H and O–H groups in total. The van der Waals surface area contributed by atoms with Crippen molar-refractivity contribution in [1.29, 1.82) is 15.8 Å². The van der Waals surface area contributed by atoms with Crippen LogP contribution in [0.4, 0.5) is 37.7 Å². The van der Waals surface area contributed by atoms with E-state index in [-0.39, 0.29) is 39.8 Å². The lowest BCUT2D eigenvalue weighted by Crippen LogP contribution is -2.12. The summed E-state index contributed by atoms with van der Waals surface area (Å²) in [4.78, 5) is 7.15. The molecule has 0 aliphatic rings. The molecule has 0 atom stereocenters.